The topological polar surface area (TPSA) is 195 Å². The lowest BCUT2D eigenvalue weighted by Crippen LogP contribution is -2.60. The number of nitrogens with two attached hydrogens (primary N) is 1. The monoisotopic (exact) mass is 677 g/mol. The van der Waals surface area contributed by atoms with Crippen LogP contribution >= 0.6 is 0 Å². The van der Waals surface area contributed by atoms with E-state index < -0.39 is 55.6 Å². The van der Waals surface area contributed by atoms with E-state index in [2.05, 4.69) is 12.2 Å². The van der Waals surface area contributed by atoms with Crippen molar-refractivity contribution in [2.24, 2.45) is 5.73 Å². The maximum Gasteiger partial charge on any atom is 0.220 e. The van der Waals surface area contributed by atoms with Gasteiger partial charge in [-0.05, 0) is 25.8 Å². The molecule has 0 aromatic rings. The van der Waals surface area contributed by atoms with Crippen molar-refractivity contribution >= 4 is 5.91 Å². The van der Waals surface area contributed by atoms with Gasteiger partial charge >= 0.3 is 0 Å². The molecule has 1 fully saturated rings. The molecule has 0 radical (unpaired) electrons. The Bertz CT molecular complexity index is 733. The van der Waals surface area contributed by atoms with E-state index in [0.29, 0.717) is 12.8 Å². The summed E-state index contributed by atoms with van der Waals surface area (Å²) in [6, 6.07) is -0.990. The fourth-order valence-electron chi connectivity index (χ4n) is 6.21. The van der Waals surface area contributed by atoms with Crippen LogP contribution in [0.15, 0.2) is 0 Å². The minimum atomic E-state index is -1.61. The zero-order valence-electron chi connectivity index (χ0n) is 29.5. The molecule has 1 amide bonds. The number of ether oxygens (including phenoxy) is 2. The first-order chi connectivity index (χ1) is 22.8. The largest absolute Gasteiger partial charge is 0.394 e. The minimum absolute atomic E-state index is 0.272. The highest BCUT2D eigenvalue weighted by atomic mass is 16.7. The highest BCUT2D eigenvalue weighted by Crippen LogP contribution is 2.23. The Morgan fingerprint density at radius 1 is 0.723 bits per heavy atom. The summed E-state index contributed by atoms with van der Waals surface area (Å²) in [6.07, 6.45) is 14.9. The number of unbranched alkanes of at least 4 members (excludes halogenated alkanes) is 19. The van der Waals surface area contributed by atoms with Crippen molar-refractivity contribution in [3.8, 4) is 0 Å². The van der Waals surface area contributed by atoms with E-state index in [1.807, 2.05) is 0 Å². The highest BCUT2D eigenvalue weighted by molar-refractivity contribution is 5.76. The number of aliphatic hydroxyl groups is 6. The summed E-state index contributed by atoms with van der Waals surface area (Å²) in [5.41, 5.74) is 5.54. The van der Waals surface area contributed by atoms with Gasteiger partial charge in [0.15, 0.2) is 6.29 Å². The van der Waals surface area contributed by atoms with Crippen LogP contribution in [0, 0.1) is 0 Å². The lowest BCUT2D eigenvalue weighted by molar-refractivity contribution is -0.303. The maximum absolute atomic E-state index is 12.8. The van der Waals surface area contributed by atoms with Crippen LogP contribution in [-0.2, 0) is 14.3 Å². The second-order valence-corrected chi connectivity index (χ2v) is 13.7. The van der Waals surface area contributed by atoms with Gasteiger partial charge in [-0.2, -0.15) is 0 Å². The Labute approximate surface area is 285 Å². The van der Waals surface area contributed by atoms with Gasteiger partial charge in [0.05, 0.1) is 25.4 Å². The molecule has 0 spiro atoms. The van der Waals surface area contributed by atoms with E-state index in [1.54, 1.807) is 0 Å². The minimum Gasteiger partial charge on any atom is -0.394 e. The first-order valence-corrected chi connectivity index (χ1v) is 19.0. The molecule has 0 saturated carbocycles. The number of amides is 1. The van der Waals surface area contributed by atoms with Gasteiger partial charge in [-0.15, -0.1) is 0 Å². The molecule has 47 heavy (non-hydrogen) atoms. The second-order valence-electron chi connectivity index (χ2n) is 13.7. The summed E-state index contributed by atoms with van der Waals surface area (Å²) < 4.78 is 11.1. The number of hydrogen-bond acceptors (Lipinski definition) is 10. The quantitative estimate of drug-likeness (QED) is 0.0498. The fourth-order valence-corrected chi connectivity index (χ4v) is 6.21. The maximum atomic E-state index is 12.8. The molecule has 9 N–H and O–H groups in total. The molecule has 0 bridgehead atoms. The predicted octanol–water partition coefficient (Wildman–Crippen LogP) is 3.96. The van der Waals surface area contributed by atoms with Gasteiger partial charge in [0.1, 0.15) is 30.5 Å². The van der Waals surface area contributed by atoms with Crippen molar-refractivity contribution in [1.29, 1.82) is 0 Å². The third kappa shape index (κ3) is 20.4. The summed E-state index contributed by atoms with van der Waals surface area (Å²) in [6.45, 7) is 2.07. The lowest BCUT2D eigenvalue weighted by Gasteiger charge is -2.40. The highest BCUT2D eigenvalue weighted by Gasteiger charge is 2.44. The predicted molar refractivity (Wildman–Crippen MR) is 185 cm³/mol. The van der Waals surface area contributed by atoms with Crippen LogP contribution in [0.5, 0.6) is 0 Å². The van der Waals surface area contributed by atoms with Gasteiger partial charge in [-0.1, -0.05) is 129 Å². The van der Waals surface area contributed by atoms with Gasteiger partial charge in [0, 0.05) is 6.42 Å². The van der Waals surface area contributed by atoms with Gasteiger partial charge < -0.3 is 51.2 Å². The molecule has 0 aromatic carbocycles. The molecular weight excluding hydrogens is 604 g/mol. The van der Waals surface area contributed by atoms with Crippen molar-refractivity contribution < 1.29 is 44.9 Å². The van der Waals surface area contributed by atoms with Gasteiger partial charge in [-0.3, -0.25) is 4.79 Å². The van der Waals surface area contributed by atoms with E-state index in [-0.39, 0.29) is 18.9 Å². The molecule has 1 saturated heterocycles. The van der Waals surface area contributed by atoms with Crippen molar-refractivity contribution in [2.45, 2.75) is 204 Å². The number of carbonyl (C=O) groups excluding carboxylic acids is 1. The zero-order valence-corrected chi connectivity index (χ0v) is 29.5. The molecule has 8 atom stereocenters. The summed E-state index contributed by atoms with van der Waals surface area (Å²) in [7, 11) is 0. The molecular formula is C36H72N2O9. The standard InChI is InChI=1S/C36H72N2O9/c1-2-3-4-5-6-7-8-9-11-14-17-20-23-29(40)32(42)28(27-46-36-35(45)34(44)33(43)30(26-39)47-36)38-31(41)24-21-18-15-12-10-13-16-19-22-25-37/h28-30,32-36,39-40,42-45H,2-27,37H2,1H3,(H,38,41)/t28?,29-,30?,32+,33+,34+,35-,36+/m1/s1. The summed E-state index contributed by atoms with van der Waals surface area (Å²) in [4.78, 5) is 12.8. The number of hydrogen-bond donors (Lipinski definition) is 8. The van der Waals surface area contributed by atoms with Crippen LogP contribution < -0.4 is 11.1 Å². The molecule has 11 heteroatoms. The Morgan fingerprint density at radius 3 is 1.72 bits per heavy atom. The summed E-state index contributed by atoms with van der Waals surface area (Å²) in [5, 5.41) is 64.7. The Balaban J connectivity index is 2.50. The molecule has 11 nitrogen and oxygen atoms in total. The molecule has 1 aliphatic rings. The molecule has 0 aromatic heterocycles. The van der Waals surface area contributed by atoms with E-state index in [0.717, 1.165) is 57.9 Å². The Kier molecular flexibility index (Phi) is 27.1. The van der Waals surface area contributed by atoms with Crippen LogP contribution in [-0.4, -0.2) is 105 Å². The second kappa shape index (κ2) is 28.9. The Morgan fingerprint density at radius 2 is 1.21 bits per heavy atom. The molecule has 1 heterocycles. The third-order valence-electron chi connectivity index (χ3n) is 9.40. The van der Waals surface area contributed by atoms with Crippen LogP contribution in [0.1, 0.15) is 155 Å². The average molecular weight is 677 g/mol. The fraction of sp³-hybridized carbons (Fsp3) is 0.972. The number of rotatable bonds is 31. The number of aliphatic hydroxyl groups excluding tert-OH is 6. The number of nitrogens with one attached hydrogen (secondary N) is 1. The van der Waals surface area contributed by atoms with E-state index in [9.17, 15) is 35.4 Å². The van der Waals surface area contributed by atoms with Crippen LogP contribution in [0.4, 0.5) is 0 Å². The van der Waals surface area contributed by atoms with Crippen molar-refractivity contribution in [2.75, 3.05) is 19.8 Å². The summed E-state index contributed by atoms with van der Waals surface area (Å²) in [5.74, 6) is -0.272. The first-order valence-electron chi connectivity index (χ1n) is 19.0. The summed E-state index contributed by atoms with van der Waals surface area (Å²) >= 11 is 0. The van der Waals surface area contributed by atoms with Crippen LogP contribution in [0.3, 0.4) is 0 Å². The first kappa shape index (κ1) is 44.1. The van der Waals surface area contributed by atoms with Crippen LogP contribution in [0.2, 0.25) is 0 Å². The van der Waals surface area contributed by atoms with Gasteiger partial charge in [0.25, 0.3) is 0 Å². The zero-order chi connectivity index (χ0) is 34.7. The van der Waals surface area contributed by atoms with Crippen molar-refractivity contribution in [3.63, 3.8) is 0 Å². The van der Waals surface area contributed by atoms with Crippen molar-refractivity contribution in [1.82, 2.24) is 5.32 Å². The molecule has 280 valence electrons. The van der Waals surface area contributed by atoms with Gasteiger partial charge in [-0.25, -0.2) is 0 Å². The van der Waals surface area contributed by atoms with Crippen LogP contribution in [0.25, 0.3) is 0 Å². The Hall–Kier alpha value is -0.890. The smallest absolute Gasteiger partial charge is 0.220 e. The SMILES string of the molecule is CCCCCCCCCCCCCC[C@@H](O)[C@@H](O)C(CO[C@H]1OC(CO)[C@H](O)[C@H](O)[C@H]1O)NC(=O)CCCCCCCCCCCN. The van der Waals surface area contributed by atoms with E-state index in [1.165, 1.54) is 77.0 Å². The lowest BCUT2D eigenvalue weighted by atomic mass is 9.98. The van der Waals surface area contributed by atoms with E-state index in [4.69, 9.17) is 15.2 Å². The average Bonchev–Trinajstić information content (AvgIpc) is 3.07. The third-order valence-corrected chi connectivity index (χ3v) is 9.40. The normalized spacial score (nSPS) is 23.4. The van der Waals surface area contributed by atoms with Crippen molar-refractivity contribution in [3.05, 3.63) is 0 Å². The van der Waals surface area contributed by atoms with E-state index >= 15 is 0 Å². The van der Waals surface area contributed by atoms with Gasteiger partial charge in [0.2, 0.25) is 5.91 Å². The molecule has 2 unspecified atom stereocenters. The molecule has 0 aliphatic carbocycles. The molecule has 1 aliphatic heterocycles. The molecule has 1 rings (SSSR count). The number of carbonyl (C=O) groups is 1.